The number of nitrogens with two attached hydrogens (primary N) is 1. The number of nitrogen functional groups attached to an aromatic ring is 1. The molecule has 0 bridgehead atoms. The molecule has 4 heteroatoms. The van der Waals surface area contributed by atoms with Gasteiger partial charge in [-0.05, 0) is 47.7 Å². The smallest absolute Gasteiger partial charge is 0.139 e. The van der Waals surface area contributed by atoms with E-state index < -0.39 is 0 Å². The normalized spacial score (nSPS) is 20.6. The topological polar surface area (TPSA) is 29.3 Å². The summed E-state index contributed by atoms with van der Waals surface area (Å²) in [5.41, 5.74) is 7.43. The number of halogens is 2. The van der Waals surface area contributed by atoms with E-state index in [4.69, 9.17) is 5.73 Å². The zero-order valence-electron chi connectivity index (χ0n) is 10.0. The molecule has 1 saturated heterocycles. The van der Waals surface area contributed by atoms with Gasteiger partial charge in [-0.2, -0.15) is 0 Å². The van der Waals surface area contributed by atoms with E-state index in [0.29, 0.717) is 16.2 Å². The minimum Gasteiger partial charge on any atom is -0.397 e. The fraction of sp³-hybridized carbons (Fsp3) is 0.538. The quantitative estimate of drug-likeness (QED) is 0.838. The molecule has 1 atom stereocenters. The summed E-state index contributed by atoms with van der Waals surface area (Å²) in [6.45, 7) is 3.21. The van der Waals surface area contributed by atoms with Crippen LogP contribution in [-0.4, -0.2) is 12.6 Å². The van der Waals surface area contributed by atoms with Gasteiger partial charge in [-0.1, -0.05) is 6.92 Å². The molecule has 0 radical (unpaired) electrons. The minimum atomic E-state index is -0.295. The highest BCUT2D eigenvalue weighted by Gasteiger charge is 2.23. The number of piperidine rings is 1. The van der Waals surface area contributed by atoms with Gasteiger partial charge in [0.15, 0.2) is 0 Å². The standard InChI is InChI=1S/C13H18BrFN2/c1-2-9-5-3-4-6-17(9)13-7-10(14)11(15)8-12(13)16/h7-9H,2-6,16H2,1H3. The molecule has 0 amide bonds. The van der Waals surface area contributed by atoms with E-state index in [1.54, 1.807) is 6.07 Å². The van der Waals surface area contributed by atoms with Crippen molar-refractivity contribution in [3.8, 4) is 0 Å². The molecule has 1 heterocycles. The van der Waals surface area contributed by atoms with E-state index in [-0.39, 0.29) is 5.82 Å². The molecule has 94 valence electrons. The van der Waals surface area contributed by atoms with E-state index in [9.17, 15) is 4.39 Å². The molecule has 17 heavy (non-hydrogen) atoms. The Bertz CT molecular complexity index is 409. The summed E-state index contributed by atoms with van der Waals surface area (Å²) in [4.78, 5) is 2.32. The van der Waals surface area contributed by atoms with Crippen molar-refractivity contribution < 1.29 is 4.39 Å². The monoisotopic (exact) mass is 300 g/mol. The van der Waals surface area contributed by atoms with Gasteiger partial charge in [0, 0.05) is 18.7 Å². The van der Waals surface area contributed by atoms with Crippen molar-refractivity contribution in [2.75, 3.05) is 17.2 Å². The van der Waals surface area contributed by atoms with Crippen molar-refractivity contribution in [1.82, 2.24) is 0 Å². The van der Waals surface area contributed by atoms with Crippen LogP contribution in [-0.2, 0) is 0 Å². The first-order valence-electron chi connectivity index (χ1n) is 6.14. The molecular formula is C13H18BrFN2. The zero-order valence-corrected chi connectivity index (χ0v) is 11.6. The largest absolute Gasteiger partial charge is 0.397 e. The molecule has 2 nitrogen and oxygen atoms in total. The van der Waals surface area contributed by atoms with Gasteiger partial charge in [0.25, 0.3) is 0 Å². The summed E-state index contributed by atoms with van der Waals surface area (Å²) in [5, 5.41) is 0. The number of hydrogen-bond acceptors (Lipinski definition) is 2. The summed E-state index contributed by atoms with van der Waals surface area (Å²) >= 11 is 3.23. The molecule has 1 unspecified atom stereocenters. The maximum absolute atomic E-state index is 13.4. The van der Waals surface area contributed by atoms with E-state index in [1.807, 2.05) is 0 Å². The zero-order chi connectivity index (χ0) is 12.4. The highest BCUT2D eigenvalue weighted by molar-refractivity contribution is 9.10. The maximum Gasteiger partial charge on any atom is 0.139 e. The Kier molecular flexibility index (Phi) is 3.92. The first-order chi connectivity index (χ1) is 8.13. The van der Waals surface area contributed by atoms with Gasteiger partial charge in [0.05, 0.1) is 15.8 Å². The second-order valence-electron chi connectivity index (χ2n) is 4.58. The molecule has 0 saturated carbocycles. The second-order valence-corrected chi connectivity index (χ2v) is 5.43. The average Bonchev–Trinajstić information content (AvgIpc) is 2.34. The van der Waals surface area contributed by atoms with Crippen LogP contribution in [0.1, 0.15) is 32.6 Å². The number of benzene rings is 1. The van der Waals surface area contributed by atoms with Crippen LogP contribution in [0, 0.1) is 5.82 Å². The lowest BCUT2D eigenvalue weighted by Gasteiger charge is -2.38. The summed E-state index contributed by atoms with van der Waals surface area (Å²) in [7, 11) is 0. The number of hydrogen-bond donors (Lipinski definition) is 1. The van der Waals surface area contributed by atoms with Crippen molar-refractivity contribution in [2.45, 2.75) is 38.6 Å². The van der Waals surface area contributed by atoms with Crippen molar-refractivity contribution in [3.63, 3.8) is 0 Å². The molecule has 2 N–H and O–H groups in total. The number of anilines is 2. The molecular weight excluding hydrogens is 283 g/mol. The van der Waals surface area contributed by atoms with E-state index in [1.165, 1.54) is 25.3 Å². The van der Waals surface area contributed by atoms with E-state index >= 15 is 0 Å². The molecule has 1 aromatic carbocycles. The van der Waals surface area contributed by atoms with E-state index in [0.717, 1.165) is 18.7 Å². The lowest BCUT2D eigenvalue weighted by molar-refractivity contribution is 0.450. The van der Waals surface area contributed by atoms with Crippen LogP contribution in [0.5, 0.6) is 0 Å². The van der Waals surface area contributed by atoms with Crippen molar-refractivity contribution >= 4 is 27.3 Å². The van der Waals surface area contributed by atoms with Crippen LogP contribution in [0.2, 0.25) is 0 Å². The Morgan fingerprint density at radius 2 is 2.24 bits per heavy atom. The third kappa shape index (κ3) is 2.57. The molecule has 0 aliphatic carbocycles. The highest BCUT2D eigenvalue weighted by atomic mass is 79.9. The van der Waals surface area contributed by atoms with Gasteiger partial charge in [-0.3, -0.25) is 0 Å². The Morgan fingerprint density at radius 1 is 1.47 bits per heavy atom. The molecule has 2 rings (SSSR count). The summed E-state index contributed by atoms with van der Waals surface area (Å²) in [6, 6.07) is 3.74. The third-order valence-electron chi connectivity index (χ3n) is 3.48. The predicted molar refractivity (Wildman–Crippen MR) is 73.8 cm³/mol. The molecule has 1 aliphatic heterocycles. The predicted octanol–water partition coefficient (Wildman–Crippen LogP) is 3.94. The maximum atomic E-state index is 13.4. The van der Waals surface area contributed by atoms with Crippen LogP contribution >= 0.6 is 15.9 Å². The number of nitrogens with zero attached hydrogens (tertiary/aromatic N) is 1. The molecule has 0 spiro atoms. The lowest BCUT2D eigenvalue weighted by Crippen LogP contribution is -2.39. The molecule has 1 fully saturated rings. The van der Waals surface area contributed by atoms with Gasteiger partial charge in [0.1, 0.15) is 5.82 Å². The highest BCUT2D eigenvalue weighted by Crippen LogP contribution is 2.34. The van der Waals surface area contributed by atoms with Gasteiger partial charge in [-0.25, -0.2) is 4.39 Å². The number of rotatable bonds is 2. The SMILES string of the molecule is CCC1CCCCN1c1cc(Br)c(F)cc1N. The lowest BCUT2D eigenvalue weighted by atomic mass is 9.99. The fourth-order valence-electron chi connectivity index (χ4n) is 2.54. The van der Waals surface area contributed by atoms with E-state index in [2.05, 4.69) is 27.8 Å². The summed E-state index contributed by atoms with van der Waals surface area (Å²) in [5.74, 6) is -0.295. The Labute approximate surface area is 110 Å². The molecule has 1 aromatic rings. The summed E-state index contributed by atoms with van der Waals surface area (Å²) in [6.07, 6.45) is 4.77. The average molecular weight is 301 g/mol. The Morgan fingerprint density at radius 3 is 2.94 bits per heavy atom. The van der Waals surface area contributed by atoms with Crippen LogP contribution in [0.25, 0.3) is 0 Å². The Hall–Kier alpha value is -0.770. The van der Waals surface area contributed by atoms with Crippen molar-refractivity contribution in [1.29, 1.82) is 0 Å². The van der Waals surface area contributed by atoms with Gasteiger partial charge in [0.2, 0.25) is 0 Å². The van der Waals surface area contributed by atoms with Crippen molar-refractivity contribution in [3.05, 3.63) is 22.4 Å². The second kappa shape index (κ2) is 5.25. The van der Waals surface area contributed by atoms with Crippen LogP contribution in [0.4, 0.5) is 15.8 Å². The van der Waals surface area contributed by atoms with Crippen LogP contribution < -0.4 is 10.6 Å². The molecule has 0 aromatic heterocycles. The van der Waals surface area contributed by atoms with Gasteiger partial charge >= 0.3 is 0 Å². The Balaban J connectivity index is 2.34. The van der Waals surface area contributed by atoms with Crippen LogP contribution in [0.3, 0.4) is 0 Å². The fourth-order valence-corrected chi connectivity index (χ4v) is 2.87. The van der Waals surface area contributed by atoms with Gasteiger partial charge in [-0.15, -0.1) is 0 Å². The molecule has 1 aliphatic rings. The first-order valence-corrected chi connectivity index (χ1v) is 6.94. The van der Waals surface area contributed by atoms with Crippen LogP contribution in [0.15, 0.2) is 16.6 Å². The first kappa shape index (κ1) is 12.7. The van der Waals surface area contributed by atoms with Gasteiger partial charge < -0.3 is 10.6 Å². The van der Waals surface area contributed by atoms with Crippen molar-refractivity contribution in [2.24, 2.45) is 0 Å². The third-order valence-corrected chi connectivity index (χ3v) is 4.09. The summed E-state index contributed by atoms with van der Waals surface area (Å²) < 4.78 is 13.8. The minimum absolute atomic E-state index is 0.295.